The highest BCUT2D eigenvalue weighted by molar-refractivity contribution is 6.30. The number of aromatic nitrogens is 2. The van der Waals surface area contributed by atoms with Gasteiger partial charge in [-0.25, -0.2) is 4.68 Å². The number of carbonyl (C=O) groups excluding carboxylic acids is 1. The summed E-state index contributed by atoms with van der Waals surface area (Å²) in [5.74, 6) is 1.27. The fraction of sp³-hybridized carbons (Fsp3) is 0.375. The van der Waals surface area contributed by atoms with Gasteiger partial charge in [-0.05, 0) is 30.0 Å². The molecule has 1 amide bonds. The average molecular weight is 306 g/mol. The minimum atomic E-state index is 0.0292. The Bertz CT molecular complexity index is 590. The predicted octanol–water partition coefficient (Wildman–Crippen LogP) is 3.96. The van der Waals surface area contributed by atoms with Crippen LogP contribution >= 0.6 is 11.6 Å². The van der Waals surface area contributed by atoms with Crippen molar-refractivity contribution in [2.45, 2.75) is 33.2 Å². The summed E-state index contributed by atoms with van der Waals surface area (Å²) in [5.41, 5.74) is 1.08. The van der Waals surface area contributed by atoms with Crippen molar-refractivity contribution >= 4 is 23.3 Å². The van der Waals surface area contributed by atoms with Crippen molar-refractivity contribution in [1.29, 1.82) is 0 Å². The molecule has 0 bridgehead atoms. The lowest BCUT2D eigenvalue weighted by atomic mass is 10.1. The first-order valence-electron chi connectivity index (χ1n) is 7.10. The van der Waals surface area contributed by atoms with Gasteiger partial charge in [-0.1, -0.05) is 37.6 Å². The van der Waals surface area contributed by atoms with Crippen LogP contribution in [-0.2, 0) is 11.3 Å². The third-order valence-corrected chi connectivity index (χ3v) is 3.43. The van der Waals surface area contributed by atoms with Crippen molar-refractivity contribution in [3.8, 4) is 0 Å². The van der Waals surface area contributed by atoms with Crippen molar-refractivity contribution in [2.75, 3.05) is 5.32 Å². The number of rotatable bonds is 6. The molecule has 2 aromatic rings. The molecule has 5 heteroatoms. The molecule has 1 N–H and O–H groups in total. The van der Waals surface area contributed by atoms with E-state index in [1.54, 1.807) is 10.9 Å². The first-order chi connectivity index (χ1) is 10.0. The Kier molecular flexibility index (Phi) is 5.39. The molecule has 0 aliphatic heterocycles. The maximum absolute atomic E-state index is 11.9. The van der Waals surface area contributed by atoms with Gasteiger partial charge in [-0.15, -0.1) is 0 Å². The lowest BCUT2D eigenvalue weighted by molar-refractivity contribution is -0.116. The zero-order chi connectivity index (χ0) is 15.2. The molecule has 21 heavy (non-hydrogen) atoms. The summed E-state index contributed by atoms with van der Waals surface area (Å²) in [6.07, 6.45) is 3.11. The van der Waals surface area contributed by atoms with E-state index in [1.165, 1.54) is 0 Å². The topological polar surface area (TPSA) is 46.9 Å². The second kappa shape index (κ2) is 7.27. The molecular weight excluding hydrogens is 286 g/mol. The van der Waals surface area contributed by atoms with Crippen LogP contribution < -0.4 is 5.32 Å². The van der Waals surface area contributed by atoms with Crippen molar-refractivity contribution in [1.82, 2.24) is 9.78 Å². The smallest absolute Gasteiger partial charge is 0.225 e. The van der Waals surface area contributed by atoms with Crippen LogP contribution in [0.4, 0.5) is 5.82 Å². The van der Waals surface area contributed by atoms with Crippen LogP contribution in [0.2, 0.25) is 5.02 Å². The number of benzene rings is 1. The standard InChI is InChI=1S/C16H20ClN3O/c1-12(2)3-8-16(21)19-15-9-10-18-20(15)11-13-4-6-14(17)7-5-13/h4-7,9-10,12H,3,8,11H2,1-2H3,(H,19,21). The van der Waals surface area contributed by atoms with Gasteiger partial charge in [0, 0.05) is 17.5 Å². The summed E-state index contributed by atoms with van der Waals surface area (Å²) in [6, 6.07) is 9.41. The maximum Gasteiger partial charge on any atom is 0.225 e. The van der Waals surface area contributed by atoms with Crippen molar-refractivity contribution in [3.63, 3.8) is 0 Å². The van der Waals surface area contributed by atoms with E-state index in [9.17, 15) is 4.79 Å². The van der Waals surface area contributed by atoms with Gasteiger partial charge in [0.05, 0.1) is 12.7 Å². The van der Waals surface area contributed by atoms with Gasteiger partial charge >= 0.3 is 0 Å². The van der Waals surface area contributed by atoms with Gasteiger partial charge in [0.2, 0.25) is 5.91 Å². The zero-order valence-corrected chi connectivity index (χ0v) is 13.1. The number of nitrogens with one attached hydrogen (secondary N) is 1. The third-order valence-electron chi connectivity index (χ3n) is 3.18. The predicted molar refractivity (Wildman–Crippen MR) is 85.5 cm³/mol. The number of amides is 1. The van der Waals surface area contributed by atoms with Gasteiger partial charge in [0.25, 0.3) is 0 Å². The summed E-state index contributed by atoms with van der Waals surface area (Å²) in [7, 11) is 0. The normalized spacial score (nSPS) is 10.9. The molecule has 0 radical (unpaired) electrons. The summed E-state index contributed by atoms with van der Waals surface area (Å²) >= 11 is 5.87. The molecule has 0 spiro atoms. The van der Waals surface area contributed by atoms with E-state index >= 15 is 0 Å². The number of carbonyl (C=O) groups is 1. The lowest BCUT2D eigenvalue weighted by Crippen LogP contribution is -2.16. The summed E-state index contributed by atoms with van der Waals surface area (Å²) in [4.78, 5) is 11.9. The van der Waals surface area contributed by atoms with Gasteiger partial charge < -0.3 is 5.32 Å². The molecular formula is C16H20ClN3O. The highest BCUT2D eigenvalue weighted by atomic mass is 35.5. The SMILES string of the molecule is CC(C)CCC(=O)Nc1ccnn1Cc1ccc(Cl)cc1. The Morgan fingerprint density at radius 2 is 2.00 bits per heavy atom. The minimum absolute atomic E-state index is 0.0292. The van der Waals surface area contributed by atoms with Crippen LogP contribution in [0, 0.1) is 5.92 Å². The average Bonchev–Trinajstić information content (AvgIpc) is 2.86. The molecule has 0 saturated carbocycles. The van der Waals surface area contributed by atoms with Gasteiger partial charge in [-0.2, -0.15) is 5.10 Å². The number of hydrogen-bond donors (Lipinski definition) is 1. The van der Waals surface area contributed by atoms with Crippen LogP contribution in [0.25, 0.3) is 0 Å². The van der Waals surface area contributed by atoms with Crippen LogP contribution in [-0.4, -0.2) is 15.7 Å². The Morgan fingerprint density at radius 1 is 1.29 bits per heavy atom. The molecule has 0 aliphatic rings. The summed E-state index contributed by atoms with van der Waals surface area (Å²) in [6.45, 7) is 4.82. The number of hydrogen-bond acceptors (Lipinski definition) is 2. The van der Waals surface area contributed by atoms with Gasteiger partial charge in [0.1, 0.15) is 5.82 Å². The Morgan fingerprint density at radius 3 is 2.67 bits per heavy atom. The quantitative estimate of drug-likeness (QED) is 0.878. The molecule has 2 rings (SSSR count). The van der Waals surface area contributed by atoms with Crippen LogP contribution in [0.1, 0.15) is 32.3 Å². The molecule has 0 atom stereocenters. The van der Waals surface area contributed by atoms with Crippen molar-refractivity contribution in [3.05, 3.63) is 47.1 Å². The van der Waals surface area contributed by atoms with E-state index in [0.717, 1.165) is 17.8 Å². The molecule has 0 saturated heterocycles. The first kappa shape index (κ1) is 15.6. The van der Waals surface area contributed by atoms with Gasteiger partial charge in [0.15, 0.2) is 0 Å². The molecule has 4 nitrogen and oxygen atoms in total. The maximum atomic E-state index is 11.9. The summed E-state index contributed by atoms with van der Waals surface area (Å²) < 4.78 is 1.77. The fourth-order valence-corrected chi connectivity index (χ4v) is 2.08. The van der Waals surface area contributed by atoms with E-state index in [4.69, 9.17) is 11.6 Å². The number of halogens is 1. The van der Waals surface area contributed by atoms with Crippen molar-refractivity contribution in [2.24, 2.45) is 5.92 Å². The number of nitrogens with zero attached hydrogens (tertiary/aromatic N) is 2. The third kappa shape index (κ3) is 4.90. The molecule has 1 aromatic carbocycles. The van der Waals surface area contributed by atoms with E-state index in [-0.39, 0.29) is 5.91 Å². The molecule has 0 fully saturated rings. The molecule has 112 valence electrons. The van der Waals surface area contributed by atoms with Crippen LogP contribution in [0.3, 0.4) is 0 Å². The van der Waals surface area contributed by atoms with Gasteiger partial charge in [-0.3, -0.25) is 4.79 Å². The lowest BCUT2D eigenvalue weighted by Gasteiger charge is -2.10. The minimum Gasteiger partial charge on any atom is -0.311 e. The van der Waals surface area contributed by atoms with E-state index < -0.39 is 0 Å². The monoisotopic (exact) mass is 305 g/mol. The first-order valence-corrected chi connectivity index (χ1v) is 7.48. The molecule has 0 unspecified atom stereocenters. The number of anilines is 1. The van der Waals surface area contributed by atoms with Crippen LogP contribution in [0.5, 0.6) is 0 Å². The largest absolute Gasteiger partial charge is 0.311 e. The second-order valence-corrected chi connectivity index (χ2v) is 5.92. The second-order valence-electron chi connectivity index (χ2n) is 5.48. The Labute approximate surface area is 130 Å². The Balaban J connectivity index is 1.98. The zero-order valence-electron chi connectivity index (χ0n) is 12.3. The fourth-order valence-electron chi connectivity index (χ4n) is 1.95. The Hall–Kier alpha value is -1.81. The summed E-state index contributed by atoms with van der Waals surface area (Å²) in [5, 5.41) is 7.87. The molecule has 1 heterocycles. The van der Waals surface area contributed by atoms with E-state index in [1.807, 2.05) is 30.3 Å². The highest BCUT2D eigenvalue weighted by Gasteiger charge is 2.08. The molecule has 1 aromatic heterocycles. The van der Waals surface area contributed by atoms with E-state index in [2.05, 4.69) is 24.3 Å². The highest BCUT2D eigenvalue weighted by Crippen LogP contribution is 2.14. The van der Waals surface area contributed by atoms with E-state index in [0.29, 0.717) is 23.9 Å². The molecule has 0 aliphatic carbocycles. The van der Waals surface area contributed by atoms with Crippen molar-refractivity contribution < 1.29 is 4.79 Å². The van der Waals surface area contributed by atoms with Crippen LogP contribution in [0.15, 0.2) is 36.5 Å².